The minimum atomic E-state index is 0.0592. The van der Waals surface area contributed by atoms with Gasteiger partial charge >= 0.3 is 0 Å². The molecule has 0 spiro atoms. The predicted molar refractivity (Wildman–Crippen MR) is 97.9 cm³/mol. The standard InChI is InChI=1S/C19H31ClN2O/c1-19(2,15-23)10-3-11-21-18-8-12-22(13-9-18)14-16-4-6-17(20)7-5-16/h4-7,18,21,23H,3,8-15H2,1-2H3. The van der Waals surface area contributed by atoms with Gasteiger partial charge in [0.15, 0.2) is 0 Å². The molecule has 0 unspecified atom stereocenters. The van der Waals surface area contributed by atoms with Crippen LogP contribution in [0.5, 0.6) is 0 Å². The summed E-state index contributed by atoms with van der Waals surface area (Å²) in [4.78, 5) is 2.52. The van der Waals surface area contributed by atoms with Crippen molar-refractivity contribution in [1.82, 2.24) is 10.2 Å². The zero-order valence-electron chi connectivity index (χ0n) is 14.5. The molecule has 0 saturated carbocycles. The summed E-state index contributed by atoms with van der Waals surface area (Å²) in [5.41, 5.74) is 1.40. The maximum atomic E-state index is 9.27. The Kier molecular flexibility index (Phi) is 7.35. The van der Waals surface area contributed by atoms with Crippen molar-refractivity contribution in [3.8, 4) is 0 Å². The Bertz CT molecular complexity index is 453. The van der Waals surface area contributed by atoms with Gasteiger partial charge in [-0.05, 0) is 68.4 Å². The maximum absolute atomic E-state index is 9.27. The summed E-state index contributed by atoms with van der Waals surface area (Å²) in [5.74, 6) is 0. The third-order valence-electron chi connectivity index (χ3n) is 4.80. The van der Waals surface area contributed by atoms with Crippen LogP contribution in [0.2, 0.25) is 5.02 Å². The SMILES string of the molecule is CC(C)(CO)CCCNC1CCN(Cc2ccc(Cl)cc2)CC1. The summed E-state index contributed by atoms with van der Waals surface area (Å²) in [5, 5.41) is 13.8. The van der Waals surface area contributed by atoms with Crippen LogP contribution in [0.25, 0.3) is 0 Å². The van der Waals surface area contributed by atoms with Gasteiger partial charge in [-0.25, -0.2) is 0 Å². The van der Waals surface area contributed by atoms with E-state index in [4.69, 9.17) is 11.6 Å². The Morgan fingerprint density at radius 3 is 2.48 bits per heavy atom. The quantitative estimate of drug-likeness (QED) is 0.709. The molecule has 4 heteroatoms. The van der Waals surface area contributed by atoms with Gasteiger partial charge in [-0.3, -0.25) is 4.90 Å². The Hall–Kier alpha value is -0.610. The number of nitrogens with one attached hydrogen (secondary N) is 1. The number of hydrogen-bond acceptors (Lipinski definition) is 3. The monoisotopic (exact) mass is 338 g/mol. The van der Waals surface area contributed by atoms with Crippen LogP contribution in [-0.4, -0.2) is 42.3 Å². The molecule has 1 aliphatic rings. The maximum Gasteiger partial charge on any atom is 0.0482 e. The lowest BCUT2D eigenvalue weighted by Crippen LogP contribution is -2.42. The van der Waals surface area contributed by atoms with E-state index < -0.39 is 0 Å². The molecule has 1 aromatic rings. The first kappa shape index (κ1) is 18.7. The molecule has 1 heterocycles. The average Bonchev–Trinajstić information content (AvgIpc) is 2.55. The van der Waals surface area contributed by atoms with Crippen molar-refractivity contribution in [3.05, 3.63) is 34.9 Å². The number of halogens is 1. The van der Waals surface area contributed by atoms with Crippen LogP contribution in [-0.2, 0) is 6.54 Å². The lowest BCUT2D eigenvalue weighted by molar-refractivity contribution is 0.146. The Balaban J connectivity index is 1.61. The van der Waals surface area contributed by atoms with E-state index in [9.17, 15) is 5.11 Å². The molecule has 0 aliphatic carbocycles. The summed E-state index contributed by atoms with van der Waals surface area (Å²) >= 11 is 5.94. The molecule has 0 radical (unpaired) electrons. The minimum absolute atomic E-state index is 0.0592. The van der Waals surface area contributed by atoms with Crippen molar-refractivity contribution in [1.29, 1.82) is 0 Å². The number of hydrogen-bond donors (Lipinski definition) is 2. The number of aliphatic hydroxyl groups is 1. The van der Waals surface area contributed by atoms with Crippen LogP contribution < -0.4 is 5.32 Å². The van der Waals surface area contributed by atoms with Crippen LogP contribution >= 0.6 is 11.6 Å². The Morgan fingerprint density at radius 1 is 1.22 bits per heavy atom. The number of likely N-dealkylation sites (tertiary alicyclic amines) is 1. The minimum Gasteiger partial charge on any atom is -0.396 e. The van der Waals surface area contributed by atoms with Gasteiger partial charge < -0.3 is 10.4 Å². The van der Waals surface area contributed by atoms with E-state index in [1.165, 1.54) is 18.4 Å². The van der Waals surface area contributed by atoms with Gasteiger partial charge in [-0.2, -0.15) is 0 Å². The first-order valence-electron chi connectivity index (χ1n) is 8.79. The summed E-state index contributed by atoms with van der Waals surface area (Å²) in [6.45, 7) is 8.92. The molecule has 3 nitrogen and oxygen atoms in total. The normalized spacial score (nSPS) is 17.6. The van der Waals surface area contributed by atoms with Gasteiger partial charge in [0.1, 0.15) is 0 Å². The first-order chi connectivity index (χ1) is 11.0. The average molecular weight is 339 g/mol. The molecule has 0 atom stereocenters. The third kappa shape index (κ3) is 6.80. The zero-order chi connectivity index (χ0) is 16.7. The molecule has 1 aliphatic heterocycles. The highest BCUT2D eigenvalue weighted by Crippen LogP contribution is 2.21. The number of aliphatic hydroxyl groups excluding tert-OH is 1. The van der Waals surface area contributed by atoms with E-state index in [0.717, 1.165) is 44.0 Å². The Morgan fingerprint density at radius 2 is 1.87 bits per heavy atom. The second-order valence-electron chi connectivity index (χ2n) is 7.56. The van der Waals surface area contributed by atoms with Gasteiger partial charge in [-0.1, -0.05) is 37.6 Å². The molecule has 23 heavy (non-hydrogen) atoms. The topological polar surface area (TPSA) is 35.5 Å². The summed E-state index contributed by atoms with van der Waals surface area (Å²) in [6, 6.07) is 8.83. The molecule has 2 rings (SSSR count). The predicted octanol–water partition coefficient (Wildman–Crippen LogP) is 3.69. The van der Waals surface area contributed by atoms with Crippen molar-refractivity contribution in [2.75, 3.05) is 26.2 Å². The smallest absolute Gasteiger partial charge is 0.0482 e. The lowest BCUT2D eigenvalue weighted by atomic mass is 9.89. The van der Waals surface area contributed by atoms with Crippen molar-refractivity contribution >= 4 is 11.6 Å². The van der Waals surface area contributed by atoms with Crippen LogP contribution in [0.4, 0.5) is 0 Å². The molecule has 1 fully saturated rings. The molecular formula is C19H31ClN2O. The van der Waals surface area contributed by atoms with Crippen LogP contribution in [0.3, 0.4) is 0 Å². The van der Waals surface area contributed by atoms with Gasteiger partial charge in [0, 0.05) is 24.2 Å². The highest BCUT2D eigenvalue weighted by atomic mass is 35.5. The molecule has 0 bridgehead atoms. The van der Waals surface area contributed by atoms with Gasteiger partial charge in [-0.15, -0.1) is 0 Å². The van der Waals surface area contributed by atoms with Crippen LogP contribution in [0.1, 0.15) is 45.1 Å². The highest BCUT2D eigenvalue weighted by molar-refractivity contribution is 6.30. The van der Waals surface area contributed by atoms with Gasteiger partial charge in [0.25, 0.3) is 0 Å². The van der Waals surface area contributed by atoms with Crippen LogP contribution in [0.15, 0.2) is 24.3 Å². The molecule has 2 N–H and O–H groups in total. The van der Waals surface area contributed by atoms with E-state index in [2.05, 4.69) is 36.2 Å². The zero-order valence-corrected chi connectivity index (χ0v) is 15.3. The molecular weight excluding hydrogens is 308 g/mol. The van der Waals surface area contributed by atoms with E-state index >= 15 is 0 Å². The van der Waals surface area contributed by atoms with E-state index in [0.29, 0.717) is 6.04 Å². The summed E-state index contributed by atoms with van der Waals surface area (Å²) in [7, 11) is 0. The number of benzene rings is 1. The fourth-order valence-corrected chi connectivity index (χ4v) is 3.22. The van der Waals surface area contributed by atoms with Crippen LogP contribution in [0, 0.1) is 5.41 Å². The molecule has 0 aromatic heterocycles. The van der Waals surface area contributed by atoms with Crippen molar-refractivity contribution < 1.29 is 5.11 Å². The highest BCUT2D eigenvalue weighted by Gasteiger charge is 2.19. The number of nitrogens with zero attached hydrogens (tertiary/aromatic N) is 1. The second kappa shape index (κ2) is 9.03. The summed E-state index contributed by atoms with van der Waals surface area (Å²) < 4.78 is 0. The van der Waals surface area contributed by atoms with E-state index in [1.807, 2.05) is 12.1 Å². The van der Waals surface area contributed by atoms with E-state index in [-0.39, 0.29) is 12.0 Å². The van der Waals surface area contributed by atoms with E-state index in [1.54, 1.807) is 0 Å². The molecule has 1 saturated heterocycles. The number of rotatable bonds is 8. The first-order valence-corrected chi connectivity index (χ1v) is 9.17. The van der Waals surface area contributed by atoms with Gasteiger partial charge in [0.2, 0.25) is 0 Å². The number of piperidine rings is 1. The molecule has 0 amide bonds. The Labute approximate surface area is 146 Å². The summed E-state index contributed by atoms with van der Waals surface area (Å²) in [6.07, 6.45) is 4.65. The lowest BCUT2D eigenvalue weighted by Gasteiger charge is -2.32. The third-order valence-corrected chi connectivity index (χ3v) is 5.05. The largest absolute Gasteiger partial charge is 0.396 e. The molecule has 130 valence electrons. The fraction of sp³-hybridized carbons (Fsp3) is 0.684. The fourth-order valence-electron chi connectivity index (χ4n) is 3.10. The van der Waals surface area contributed by atoms with Crippen molar-refractivity contribution in [3.63, 3.8) is 0 Å². The van der Waals surface area contributed by atoms with Crippen molar-refractivity contribution in [2.24, 2.45) is 5.41 Å². The second-order valence-corrected chi connectivity index (χ2v) is 7.99. The van der Waals surface area contributed by atoms with Gasteiger partial charge in [0.05, 0.1) is 0 Å². The molecule has 1 aromatic carbocycles. The van der Waals surface area contributed by atoms with Crippen molar-refractivity contribution in [2.45, 2.75) is 52.1 Å².